The van der Waals surface area contributed by atoms with Crippen LogP contribution in [0.15, 0.2) is 48.7 Å². The fourth-order valence-electron chi connectivity index (χ4n) is 3.90. The molecule has 0 radical (unpaired) electrons. The van der Waals surface area contributed by atoms with E-state index in [1.807, 2.05) is 24.4 Å². The summed E-state index contributed by atoms with van der Waals surface area (Å²) in [6.45, 7) is 1.65. The van der Waals surface area contributed by atoms with E-state index < -0.39 is 11.6 Å². The summed E-state index contributed by atoms with van der Waals surface area (Å²) >= 11 is 0. The van der Waals surface area contributed by atoms with E-state index >= 15 is 0 Å². The number of nitrogens with zero attached hydrogens (tertiary/aromatic N) is 2. The Morgan fingerprint density at radius 1 is 0.933 bits per heavy atom. The van der Waals surface area contributed by atoms with Gasteiger partial charge in [0.15, 0.2) is 11.6 Å². The van der Waals surface area contributed by atoms with Crippen LogP contribution < -0.4 is 0 Å². The number of carbonyl (C=O) groups is 2. The van der Waals surface area contributed by atoms with Crippen LogP contribution in [0.5, 0.6) is 0 Å². The van der Waals surface area contributed by atoms with Gasteiger partial charge in [-0.25, -0.2) is 8.78 Å². The Morgan fingerprint density at radius 3 is 2.43 bits per heavy atom. The van der Waals surface area contributed by atoms with Crippen LogP contribution in [-0.2, 0) is 11.2 Å². The maximum absolute atomic E-state index is 13.4. The number of carbonyl (C=O) groups excluding carboxylic acids is 2. The zero-order chi connectivity index (χ0) is 21.1. The number of hydrogen-bond acceptors (Lipinski definition) is 2. The van der Waals surface area contributed by atoms with Gasteiger partial charge in [0, 0.05) is 55.3 Å². The van der Waals surface area contributed by atoms with Crippen LogP contribution in [0.2, 0.25) is 0 Å². The summed E-state index contributed by atoms with van der Waals surface area (Å²) in [4.78, 5) is 31.6. The largest absolute Gasteiger partial charge is 0.361 e. The molecule has 3 aromatic rings. The number of nitrogens with one attached hydrogen (secondary N) is 1. The number of piperazine rings is 1. The SMILES string of the molecule is O=C(CCCc1c[nH]c2ccccc12)N1CCN(C(=O)c2ccc(F)c(F)c2)CC1. The van der Waals surface area contributed by atoms with Crippen molar-refractivity contribution < 1.29 is 18.4 Å². The van der Waals surface area contributed by atoms with Crippen molar-refractivity contribution in [2.75, 3.05) is 26.2 Å². The van der Waals surface area contributed by atoms with E-state index in [4.69, 9.17) is 0 Å². The van der Waals surface area contributed by atoms with Gasteiger partial charge in [0.1, 0.15) is 0 Å². The lowest BCUT2D eigenvalue weighted by Gasteiger charge is -2.35. The third-order valence-electron chi connectivity index (χ3n) is 5.60. The summed E-state index contributed by atoms with van der Waals surface area (Å²) in [6, 6.07) is 11.3. The molecule has 7 heteroatoms. The minimum absolute atomic E-state index is 0.0785. The minimum Gasteiger partial charge on any atom is -0.361 e. The van der Waals surface area contributed by atoms with Crippen molar-refractivity contribution >= 4 is 22.7 Å². The van der Waals surface area contributed by atoms with Crippen LogP contribution in [-0.4, -0.2) is 52.8 Å². The number of benzene rings is 2. The van der Waals surface area contributed by atoms with Gasteiger partial charge in [-0.3, -0.25) is 9.59 Å². The van der Waals surface area contributed by atoms with Crippen molar-refractivity contribution in [3.63, 3.8) is 0 Å². The Morgan fingerprint density at radius 2 is 1.67 bits per heavy atom. The van der Waals surface area contributed by atoms with Gasteiger partial charge in [0.05, 0.1) is 0 Å². The highest BCUT2D eigenvalue weighted by molar-refractivity contribution is 5.94. The summed E-state index contributed by atoms with van der Waals surface area (Å²) in [6.07, 6.45) is 4.04. The number of aromatic amines is 1. The Bertz CT molecular complexity index is 1070. The average molecular weight is 411 g/mol. The topological polar surface area (TPSA) is 56.4 Å². The van der Waals surface area contributed by atoms with Crippen molar-refractivity contribution in [2.24, 2.45) is 0 Å². The Balaban J connectivity index is 1.26. The maximum Gasteiger partial charge on any atom is 0.254 e. The molecule has 2 heterocycles. The third kappa shape index (κ3) is 4.20. The molecule has 2 aromatic carbocycles. The van der Waals surface area contributed by atoms with E-state index in [1.165, 1.54) is 17.0 Å². The Hall–Kier alpha value is -3.22. The molecular weight excluding hydrogens is 388 g/mol. The second kappa shape index (κ2) is 8.65. The van der Waals surface area contributed by atoms with E-state index in [1.54, 1.807) is 9.80 Å². The number of aryl methyl sites for hydroxylation is 1. The molecule has 2 amide bonds. The van der Waals surface area contributed by atoms with Crippen molar-refractivity contribution in [2.45, 2.75) is 19.3 Å². The molecule has 5 nitrogen and oxygen atoms in total. The second-order valence-electron chi connectivity index (χ2n) is 7.51. The number of para-hydroxylation sites is 1. The number of rotatable bonds is 5. The molecule has 1 saturated heterocycles. The standard InChI is InChI=1S/C23H23F2N3O2/c24-19-9-8-16(14-20(19)25)23(30)28-12-10-27(11-13-28)22(29)7-3-4-17-15-26-21-6-2-1-5-18(17)21/h1-2,5-6,8-9,14-15,26H,3-4,7,10-13H2. The zero-order valence-corrected chi connectivity index (χ0v) is 16.5. The van der Waals surface area contributed by atoms with Crippen LogP contribution in [0, 0.1) is 11.6 Å². The average Bonchev–Trinajstić information content (AvgIpc) is 3.18. The molecule has 0 aliphatic carbocycles. The van der Waals surface area contributed by atoms with Gasteiger partial charge in [0.2, 0.25) is 5.91 Å². The van der Waals surface area contributed by atoms with E-state index in [2.05, 4.69) is 11.1 Å². The number of H-pyrrole nitrogens is 1. The number of halogens is 2. The van der Waals surface area contributed by atoms with Crippen LogP contribution >= 0.6 is 0 Å². The monoisotopic (exact) mass is 411 g/mol. The minimum atomic E-state index is -1.04. The molecular formula is C23H23F2N3O2. The third-order valence-corrected chi connectivity index (χ3v) is 5.60. The maximum atomic E-state index is 13.4. The number of hydrogen-bond donors (Lipinski definition) is 1. The first-order valence-corrected chi connectivity index (χ1v) is 10.1. The van der Waals surface area contributed by atoms with E-state index in [-0.39, 0.29) is 17.4 Å². The molecule has 0 saturated carbocycles. The molecule has 0 bridgehead atoms. The van der Waals surface area contributed by atoms with Gasteiger partial charge in [-0.2, -0.15) is 0 Å². The Labute approximate surface area is 173 Å². The van der Waals surface area contributed by atoms with Gasteiger partial charge in [-0.1, -0.05) is 18.2 Å². The summed E-state index contributed by atoms with van der Waals surface area (Å²) in [7, 11) is 0. The van der Waals surface area contributed by atoms with Crippen molar-refractivity contribution in [1.29, 1.82) is 0 Å². The summed E-state index contributed by atoms with van der Waals surface area (Å²) < 4.78 is 26.4. The van der Waals surface area contributed by atoms with Gasteiger partial charge in [-0.15, -0.1) is 0 Å². The number of amides is 2. The molecule has 1 fully saturated rings. The molecule has 1 aliphatic rings. The van der Waals surface area contributed by atoms with Gasteiger partial charge < -0.3 is 14.8 Å². The second-order valence-corrected chi connectivity index (χ2v) is 7.51. The normalized spacial score (nSPS) is 14.3. The fourth-order valence-corrected chi connectivity index (χ4v) is 3.90. The molecule has 0 atom stereocenters. The lowest BCUT2D eigenvalue weighted by Crippen LogP contribution is -2.50. The first-order valence-electron chi connectivity index (χ1n) is 10.1. The fraction of sp³-hybridized carbons (Fsp3) is 0.304. The van der Waals surface area contributed by atoms with Crippen LogP contribution in [0.25, 0.3) is 10.9 Å². The van der Waals surface area contributed by atoms with Gasteiger partial charge in [0.25, 0.3) is 5.91 Å². The van der Waals surface area contributed by atoms with Crippen LogP contribution in [0.1, 0.15) is 28.8 Å². The van der Waals surface area contributed by atoms with Crippen molar-refractivity contribution in [3.05, 3.63) is 71.4 Å². The lowest BCUT2D eigenvalue weighted by molar-refractivity contribution is -0.132. The first kappa shape index (κ1) is 20.1. The zero-order valence-electron chi connectivity index (χ0n) is 16.5. The van der Waals surface area contributed by atoms with E-state index in [0.29, 0.717) is 32.6 Å². The van der Waals surface area contributed by atoms with Gasteiger partial charge in [-0.05, 0) is 42.7 Å². The van der Waals surface area contributed by atoms with Crippen molar-refractivity contribution in [1.82, 2.24) is 14.8 Å². The predicted octanol–water partition coefficient (Wildman–Crippen LogP) is 3.75. The molecule has 1 N–H and O–H groups in total. The molecule has 4 rings (SSSR count). The van der Waals surface area contributed by atoms with Crippen LogP contribution in [0.4, 0.5) is 8.78 Å². The molecule has 0 spiro atoms. The van der Waals surface area contributed by atoms with Gasteiger partial charge >= 0.3 is 0 Å². The Kier molecular flexibility index (Phi) is 5.79. The highest BCUT2D eigenvalue weighted by Crippen LogP contribution is 2.20. The molecule has 0 unspecified atom stereocenters. The quantitative estimate of drug-likeness (QED) is 0.695. The van der Waals surface area contributed by atoms with Crippen LogP contribution in [0.3, 0.4) is 0 Å². The molecule has 30 heavy (non-hydrogen) atoms. The number of aromatic nitrogens is 1. The smallest absolute Gasteiger partial charge is 0.254 e. The summed E-state index contributed by atoms with van der Waals surface area (Å²) in [5, 5.41) is 1.19. The summed E-state index contributed by atoms with van der Waals surface area (Å²) in [5.74, 6) is -2.28. The molecule has 1 aromatic heterocycles. The van der Waals surface area contributed by atoms with Crippen molar-refractivity contribution in [3.8, 4) is 0 Å². The number of fused-ring (bicyclic) bond motifs is 1. The molecule has 156 valence electrons. The predicted molar refractivity (Wildman–Crippen MR) is 110 cm³/mol. The highest BCUT2D eigenvalue weighted by Gasteiger charge is 2.25. The molecule has 1 aliphatic heterocycles. The first-order chi connectivity index (χ1) is 14.5. The lowest BCUT2D eigenvalue weighted by atomic mass is 10.1. The van der Waals surface area contributed by atoms with E-state index in [9.17, 15) is 18.4 Å². The summed E-state index contributed by atoms with van der Waals surface area (Å²) in [5.41, 5.74) is 2.42. The van der Waals surface area contributed by atoms with E-state index in [0.717, 1.165) is 30.5 Å². The highest BCUT2D eigenvalue weighted by atomic mass is 19.2.